The van der Waals surface area contributed by atoms with Crippen LogP contribution in [0.25, 0.3) is 11.3 Å². The lowest BCUT2D eigenvalue weighted by atomic mass is 9.61. The fourth-order valence-electron chi connectivity index (χ4n) is 5.51. The molecule has 0 spiro atoms. The van der Waals surface area contributed by atoms with Crippen molar-refractivity contribution in [3.63, 3.8) is 0 Å². The first-order chi connectivity index (χ1) is 19.7. The van der Waals surface area contributed by atoms with E-state index in [9.17, 15) is 14.4 Å². The van der Waals surface area contributed by atoms with Crippen molar-refractivity contribution in [3.8, 4) is 17.0 Å². The first kappa shape index (κ1) is 29.8. The molecular weight excluding hydrogens is 542 g/mol. The Bertz CT molecular complexity index is 1470. The Hall–Kier alpha value is -4.18. The van der Waals surface area contributed by atoms with E-state index in [2.05, 4.69) is 10.6 Å². The van der Waals surface area contributed by atoms with Crippen molar-refractivity contribution in [2.24, 2.45) is 0 Å². The molecule has 9 nitrogen and oxygen atoms in total. The topological polar surface area (TPSA) is 116 Å². The number of ether oxygens (including phenoxy) is 3. The number of thiazole rings is 1. The minimum Gasteiger partial charge on any atom is -0.495 e. The van der Waals surface area contributed by atoms with Crippen molar-refractivity contribution < 1.29 is 28.6 Å². The van der Waals surface area contributed by atoms with Gasteiger partial charge in [-0.1, -0.05) is 30.3 Å². The first-order valence-corrected chi connectivity index (χ1v) is 14.3. The van der Waals surface area contributed by atoms with Crippen molar-refractivity contribution in [2.45, 2.75) is 52.0 Å². The molecule has 0 radical (unpaired) electrons. The smallest absolute Gasteiger partial charge is 0.336 e. The lowest BCUT2D eigenvalue weighted by Gasteiger charge is -2.47. The molecule has 0 saturated heterocycles. The Labute approximate surface area is 243 Å². The highest BCUT2D eigenvalue weighted by Gasteiger charge is 2.59. The van der Waals surface area contributed by atoms with Crippen LogP contribution in [0.15, 0.2) is 65.2 Å². The third kappa shape index (κ3) is 5.56. The summed E-state index contributed by atoms with van der Waals surface area (Å²) in [6, 6.07) is 14.3. The van der Waals surface area contributed by atoms with Gasteiger partial charge >= 0.3 is 11.9 Å². The Morgan fingerprint density at radius 1 is 1.07 bits per heavy atom. The third-order valence-electron chi connectivity index (χ3n) is 7.20. The number of hydrogen-bond donors (Lipinski definition) is 2. The van der Waals surface area contributed by atoms with E-state index in [0.29, 0.717) is 39.0 Å². The number of anilines is 1. The van der Waals surface area contributed by atoms with Crippen LogP contribution in [0, 0.1) is 0 Å². The summed E-state index contributed by atoms with van der Waals surface area (Å²) >= 11 is 1.35. The maximum absolute atomic E-state index is 14.1. The average Bonchev–Trinajstić information content (AvgIpc) is 3.43. The second kappa shape index (κ2) is 12.6. The number of methoxy groups -OCH3 is 1. The van der Waals surface area contributed by atoms with Gasteiger partial charge in [0.1, 0.15) is 16.2 Å². The normalized spacial score (nSPS) is 20.1. The Morgan fingerprint density at radius 3 is 2.41 bits per heavy atom. The predicted octanol–water partition coefficient (Wildman–Crippen LogP) is 5.19. The molecule has 10 heteroatoms. The largest absolute Gasteiger partial charge is 0.495 e. The molecule has 2 aromatic carbocycles. The highest BCUT2D eigenvalue weighted by molar-refractivity contribution is 7.10. The van der Waals surface area contributed by atoms with Crippen LogP contribution in [0.1, 0.15) is 51.1 Å². The van der Waals surface area contributed by atoms with E-state index in [-0.39, 0.29) is 19.1 Å². The summed E-state index contributed by atoms with van der Waals surface area (Å²) in [4.78, 5) is 44.5. The number of carbonyl (C=O) groups excluding carboxylic acids is 3. The van der Waals surface area contributed by atoms with Gasteiger partial charge in [0.15, 0.2) is 0 Å². The minimum atomic E-state index is -1.32. The molecule has 4 rings (SSSR count). The molecular formula is C31H35N3O6S. The number of benzene rings is 2. The van der Waals surface area contributed by atoms with Gasteiger partial charge in [0.05, 0.1) is 43.2 Å². The summed E-state index contributed by atoms with van der Waals surface area (Å²) in [6.07, 6.45) is 0. The van der Waals surface area contributed by atoms with Gasteiger partial charge in [-0.2, -0.15) is 0 Å². The summed E-state index contributed by atoms with van der Waals surface area (Å²) in [5.74, 6) is -1.50. The molecule has 3 atom stereocenters. The zero-order valence-corrected chi connectivity index (χ0v) is 24.9. The molecule has 3 aromatic rings. The van der Waals surface area contributed by atoms with Crippen molar-refractivity contribution in [1.82, 2.24) is 10.3 Å². The molecule has 1 aliphatic rings. The number of esters is 2. The van der Waals surface area contributed by atoms with Gasteiger partial charge in [0, 0.05) is 29.6 Å². The van der Waals surface area contributed by atoms with Crippen molar-refractivity contribution in [1.29, 1.82) is 0 Å². The highest BCUT2D eigenvalue weighted by atomic mass is 32.1. The van der Waals surface area contributed by atoms with Crippen LogP contribution in [-0.2, 0) is 29.3 Å². The fourth-order valence-corrected chi connectivity index (χ4v) is 6.52. The van der Waals surface area contributed by atoms with Crippen LogP contribution in [0.2, 0.25) is 0 Å². The van der Waals surface area contributed by atoms with E-state index >= 15 is 0 Å². The molecule has 0 fully saturated rings. The Balaban J connectivity index is 1.96. The van der Waals surface area contributed by atoms with Crippen LogP contribution in [0.5, 0.6) is 5.75 Å². The Morgan fingerprint density at radius 2 is 1.78 bits per heavy atom. The van der Waals surface area contributed by atoms with Crippen molar-refractivity contribution in [2.75, 3.05) is 25.6 Å². The monoisotopic (exact) mass is 577 g/mol. The molecule has 1 amide bonds. The lowest BCUT2D eigenvalue weighted by Crippen LogP contribution is -2.60. The summed E-state index contributed by atoms with van der Waals surface area (Å²) in [5.41, 5.74) is 2.19. The second-order valence-electron chi connectivity index (χ2n) is 9.68. The minimum absolute atomic E-state index is 0.172. The van der Waals surface area contributed by atoms with Crippen molar-refractivity contribution >= 4 is 34.9 Å². The Kier molecular flexibility index (Phi) is 9.12. The second-order valence-corrected chi connectivity index (χ2v) is 10.6. The molecule has 2 heterocycles. The van der Waals surface area contributed by atoms with Crippen LogP contribution in [0.3, 0.4) is 0 Å². The zero-order valence-electron chi connectivity index (χ0n) is 24.1. The first-order valence-electron chi connectivity index (χ1n) is 13.5. The van der Waals surface area contributed by atoms with Crippen LogP contribution in [-0.4, -0.2) is 49.2 Å². The maximum Gasteiger partial charge on any atom is 0.336 e. The zero-order chi connectivity index (χ0) is 29.7. The molecule has 0 saturated carbocycles. The van der Waals surface area contributed by atoms with Crippen LogP contribution < -0.4 is 15.4 Å². The number of amides is 1. The highest BCUT2D eigenvalue weighted by Crippen LogP contribution is 2.52. The summed E-state index contributed by atoms with van der Waals surface area (Å²) in [6.45, 7) is 9.01. The summed E-state index contributed by atoms with van der Waals surface area (Å²) < 4.78 is 16.6. The number of nitrogens with zero attached hydrogens (tertiary/aromatic N) is 1. The van der Waals surface area contributed by atoms with Gasteiger partial charge in [-0.05, 0) is 51.5 Å². The number of nitrogens with one attached hydrogen (secondary N) is 2. The molecule has 1 aliphatic heterocycles. The van der Waals surface area contributed by atoms with Gasteiger partial charge in [-0.3, -0.25) is 9.59 Å². The number of rotatable bonds is 9. The molecule has 1 aromatic heterocycles. The van der Waals surface area contributed by atoms with Crippen LogP contribution >= 0.6 is 11.3 Å². The standard InChI is InChI=1S/C31H35N3O6S/c1-7-39-29(36)26-18(3)32-19(4)31(30(37)40-8-2,22-12-10-9-11-13-22)27(26)28-34-24(17-41-28)21-14-15-25(38-6)23(16-21)33-20(5)35/h9-17,19,27,32H,7-8H2,1-6H3,(H,33,35). The molecule has 0 aliphatic carbocycles. The van der Waals surface area contributed by atoms with Crippen LogP contribution in [0.4, 0.5) is 5.69 Å². The number of hydrogen-bond acceptors (Lipinski definition) is 9. The molecule has 216 valence electrons. The number of carbonyl (C=O) groups is 3. The van der Waals surface area contributed by atoms with Crippen molar-refractivity contribution in [3.05, 3.63) is 75.8 Å². The predicted molar refractivity (Wildman–Crippen MR) is 158 cm³/mol. The maximum atomic E-state index is 14.1. The van der Waals surface area contributed by atoms with E-state index < -0.39 is 29.3 Å². The lowest BCUT2D eigenvalue weighted by molar-refractivity contribution is -0.153. The quantitative estimate of drug-likeness (QED) is 0.334. The summed E-state index contributed by atoms with van der Waals surface area (Å²) in [7, 11) is 1.53. The SMILES string of the molecule is CCOC(=O)C1=C(C)NC(C)C(C(=O)OCC)(c2ccccc2)C1c1nc(-c2ccc(OC)c(NC(C)=O)c2)cs1. The van der Waals surface area contributed by atoms with E-state index in [1.165, 1.54) is 25.4 Å². The fraction of sp³-hybridized carbons (Fsp3) is 0.355. The number of aromatic nitrogens is 1. The summed E-state index contributed by atoms with van der Waals surface area (Å²) in [5, 5.41) is 8.60. The molecule has 0 bridgehead atoms. The van der Waals surface area contributed by atoms with Gasteiger partial charge < -0.3 is 24.8 Å². The molecule has 3 unspecified atom stereocenters. The van der Waals surface area contributed by atoms with E-state index in [1.807, 2.05) is 55.6 Å². The van der Waals surface area contributed by atoms with Gasteiger partial charge in [-0.15, -0.1) is 11.3 Å². The van der Waals surface area contributed by atoms with E-state index in [4.69, 9.17) is 19.2 Å². The van der Waals surface area contributed by atoms with E-state index in [0.717, 1.165) is 5.56 Å². The van der Waals surface area contributed by atoms with Gasteiger partial charge in [0.2, 0.25) is 5.91 Å². The van der Waals surface area contributed by atoms with Gasteiger partial charge in [0.25, 0.3) is 0 Å². The molecule has 41 heavy (non-hydrogen) atoms. The number of allylic oxidation sites excluding steroid dienone is 1. The van der Waals surface area contributed by atoms with Gasteiger partial charge in [-0.25, -0.2) is 9.78 Å². The third-order valence-corrected chi connectivity index (χ3v) is 8.11. The van der Waals surface area contributed by atoms with E-state index in [1.54, 1.807) is 26.0 Å². The average molecular weight is 578 g/mol. The molecule has 2 N–H and O–H groups in total.